The fourth-order valence-corrected chi connectivity index (χ4v) is 1.73. The lowest BCUT2D eigenvalue weighted by molar-refractivity contribution is -0.139. The summed E-state index contributed by atoms with van der Waals surface area (Å²) in [4.78, 5) is 10.2. The minimum absolute atomic E-state index is 0. The smallest absolute Gasteiger partial charge is 0.341 e. The summed E-state index contributed by atoms with van der Waals surface area (Å²) in [6, 6.07) is 2.85. The fraction of sp³-hybridized carbons (Fsp3) is 0.125. The van der Waals surface area contributed by atoms with Crippen molar-refractivity contribution in [1.29, 1.82) is 0 Å². The summed E-state index contributed by atoms with van der Waals surface area (Å²) >= 11 is 17.1. The third kappa shape index (κ3) is 4.34. The zero-order valence-electron chi connectivity index (χ0n) is 7.17. The molecule has 0 saturated carbocycles. The lowest BCUT2D eigenvalue weighted by Gasteiger charge is -2.07. The van der Waals surface area contributed by atoms with Crippen LogP contribution in [0.5, 0.6) is 5.75 Å². The van der Waals surface area contributed by atoms with Crippen molar-refractivity contribution in [2.75, 3.05) is 6.61 Å². The molecule has 0 aliphatic rings. The first-order chi connectivity index (χ1) is 6.50. The number of hydrogen-bond donors (Lipinski definition) is 1. The van der Waals surface area contributed by atoms with Crippen molar-refractivity contribution in [3.05, 3.63) is 27.2 Å². The standard InChI is InChI=1S/C8H5Cl3O3.ClH/c9-4-1-5(10)8(6(11)2-4)14-3-7(12)13;/h1-2H,3H2,(H,12,13);1H. The highest BCUT2D eigenvalue weighted by Crippen LogP contribution is 2.35. The van der Waals surface area contributed by atoms with Crippen LogP contribution in [-0.4, -0.2) is 17.7 Å². The van der Waals surface area contributed by atoms with Gasteiger partial charge in [-0.2, -0.15) is 0 Å². The molecule has 0 aliphatic heterocycles. The van der Waals surface area contributed by atoms with Crippen molar-refractivity contribution in [2.45, 2.75) is 0 Å². The van der Waals surface area contributed by atoms with Gasteiger partial charge in [-0.15, -0.1) is 12.4 Å². The molecule has 0 amide bonds. The summed E-state index contributed by atoms with van der Waals surface area (Å²) in [7, 11) is 0. The minimum atomic E-state index is -1.10. The van der Waals surface area contributed by atoms with E-state index in [2.05, 4.69) is 0 Å². The van der Waals surface area contributed by atoms with Crippen molar-refractivity contribution in [3.63, 3.8) is 0 Å². The first-order valence-electron chi connectivity index (χ1n) is 3.50. The lowest BCUT2D eigenvalue weighted by atomic mass is 10.3. The molecule has 0 unspecified atom stereocenters. The molecule has 0 atom stereocenters. The van der Waals surface area contributed by atoms with E-state index in [1.165, 1.54) is 12.1 Å². The Balaban J connectivity index is 0.00000196. The number of aliphatic carboxylic acids is 1. The highest BCUT2D eigenvalue weighted by molar-refractivity contribution is 6.40. The maximum absolute atomic E-state index is 10.2. The van der Waals surface area contributed by atoms with Crippen LogP contribution in [-0.2, 0) is 4.79 Å². The third-order valence-corrected chi connectivity index (χ3v) is 2.08. The molecule has 0 saturated heterocycles. The molecule has 15 heavy (non-hydrogen) atoms. The maximum atomic E-state index is 10.2. The van der Waals surface area contributed by atoms with Crippen molar-refractivity contribution in [2.24, 2.45) is 0 Å². The maximum Gasteiger partial charge on any atom is 0.341 e. The number of carboxylic acids is 1. The van der Waals surface area contributed by atoms with Crippen LogP contribution in [0.25, 0.3) is 0 Å². The molecule has 1 aromatic carbocycles. The van der Waals surface area contributed by atoms with Gasteiger partial charge in [0, 0.05) is 5.02 Å². The van der Waals surface area contributed by atoms with E-state index in [9.17, 15) is 4.79 Å². The summed E-state index contributed by atoms with van der Waals surface area (Å²) in [5, 5.41) is 9.11. The van der Waals surface area contributed by atoms with Gasteiger partial charge in [-0.05, 0) is 12.1 Å². The van der Waals surface area contributed by atoms with Crippen molar-refractivity contribution < 1.29 is 14.6 Å². The van der Waals surface area contributed by atoms with Crippen molar-refractivity contribution >= 4 is 53.2 Å². The van der Waals surface area contributed by atoms with Crippen LogP contribution < -0.4 is 4.74 Å². The van der Waals surface area contributed by atoms with E-state index >= 15 is 0 Å². The first-order valence-corrected chi connectivity index (χ1v) is 4.63. The minimum Gasteiger partial charge on any atom is -0.479 e. The van der Waals surface area contributed by atoms with Gasteiger partial charge in [-0.25, -0.2) is 4.79 Å². The van der Waals surface area contributed by atoms with Gasteiger partial charge in [0.2, 0.25) is 0 Å². The van der Waals surface area contributed by atoms with E-state index in [-0.39, 0.29) is 28.2 Å². The SMILES string of the molecule is Cl.O=C(O)COc1c(Cl)cc(Cl)cc1Cl. The molecule has 7 heteroatoms. The Labute approximate surface area is 107 Å². The number of carbonyl (C=O) groups is 1. The molecule has 84 valence electrons. The van der Waals surface area contributed by atoms with Crippen molar-refractivity contribution in [1.82, 2.24) is 0 Å². The molecule has 0 radical (unpaired) electrons. The highest BCUT2D eigenvalue weighted by Gasteiger charge is 2.10. The van der Waals surface area contributed by atoms with Crippen LogP contribution in [0.4, 0.5) is 0 Å². The van der Waals surface area contributed by atoms with Crippen LogP contribution >= 0.6 is 47.2 Å². The largest absolute Gasteiger partial charge is 0.479 e. The quantitative estimate of drug-likeness (QED) is 0.927. The van der Waals surface area contributed by atoms with Crippen LogP contribution in [0.15, 0.2) is 12.1 Å². The summed E-state index contributed by atoms with van der Waals surface area (Å²) < 4.78 is 4.86. The molecule has 1 N–H and O–H groups in total. The van der Waals surface area contributed by atoms with E-state index in [0.29, 0.717) is 5.02 Å². The molecule has 0 heterocycles. The summed E-state index contributed by atoms with van der Waals surface area (Å²) in [6.45, 7) is -0.499. The zero-order valence-corrected chi connectivity index (χ0v) is 10.3. The number of ether oxygens (including phenoxy) is 1. The second-order valence-corrected chi connectivity index (χ2v) is 3.63. The van der Waals surface area contributed by atoms with Crippen LogP contribution in [0.1, 0.15) is 0 Å². The third-order valence-electron chi connectivity index (χ3n) is 1.30. The predicted molar refractivity (Wildman–Crippen MR) is 61.9 cm³/mol. The second kappa shape index (κ2) is 6.28. The van der Waals surface area contributed by atoms with Gasteiger partial charge in [0.25, 0.3) is 0 Å². The molecule has 0 bridgehead atoms. The average molecular weight is 292 g/mol. The second-order valence-electron chi connectivity index (χ2n) is 2.38. The molecule has 0 spiro atoms. The normalized spacial score (nSPS) is 9.27. The van der Waals surface area contributed by atoms with Crippen LogP contribution in [0.2, 0.25) is 15.1 Å². The highest BCUT2D eigenvalue weighted by atomic mass is 35.5. The Morgan fingerprint density at radius 2 is 1.73 bits per heavy atom. The van der Waals surface area contributed by atoms with Gasteiger partial charge in [-0.1, -0.05) is 34.8 Å². The Kier molecular flexibility index (Phi) is 6.13. The molecule has 0 aromatic heterocycles. The Hall–Kier alpha value is -0.350. The van der Waals surface area contributed by atoms with E-state index in [1.54, 1.807) is 0 Å². The molecule has 1 rings (SSSR count). The molecule has 3 nitrogen and oxygen atoms in total. The van der Waals surface area contributed by atoms with E-state index in [4.69, 9.17) is 44.6 Å². The molecule has 0 fully saturated rings. The van der Waals surface area contributed by atoms with E-state index < -0.39 is 12.6 Å². The number of benzene rings is 1. The number of halogens is 4. The number of rotatable bonds is 3. The topological polar surface area (TPSA) is 46.5 Å². The van der Waals surface area contributed by atoms with E-state index in [1.807, 2.05) is 0 Å². The van der Waals surface area contributed by atoms with Crippen molar-refractivity contribution in [3.8, 4) is 5.75 Å². The molecule has 0 aliphatic carbocycles. The van der Waals surface area contributed by atoms with Gasteiger partial charge >= 0.3 is 5.97 Å². The average Bonchev–Trinajstić information content (AvgIpc) is 2.01. The summed E-state index contributed by atoms with van der Waals surface area (Å²) in [6.07, 6.45) is 0. The molecule has 1 aromatic rings. The zero-order chi connectivity index (χ0) is 10.7. The van der Waals surface area contributed by atoms with Gasteiger partial charge in [0.15, 0.2) is 12.4 Å². The molecular weight excluding hydrogens is 286 g/mol. The first kappa shape index (κ1) is 14.6. The monoisotopic (exact) mass is 290 g/mol. The Morgan fingerprint density at radius 3 is 2.13 bits per heavy atom. The lowest BCUT2D eigenvalue weighted by Crippen LogP contribution is -2.09. The number of hydrogen-bond acceptors (Lipinski definition) is 2. The predicted octanol–water partition coefficient (Wildman–Crippen LogP) is 3.53. The van der Waals surface area contributed by atoms with Gasteiger partial charge < -0.3 is 9.84 Å². The summed E-state index contributed by atoms with van der Waals surface area (Å²) in [5.41, 5.74) is 0. The van der Waals surface area contributed by atoms with Crippen LogP contribution in [0, 0.1) is 0 Å². The molecular formula is C8H6Cl4O3. The van der Waals surface area contributed by atoms with E-state index in [0.717, 1.165) is 0 Å². The fourth-order valence-electron chi connectivity index (χ4n) is 0.801. The van der Waals surface area contributed by atoms with Crippen LogP contribution in [0.3, 0.4) is 0 Å². The summed E-state index contributed by atoms with van der Waals surface area (Å²) in [5.74, 6) is -0.979. The van der Waals surface area contributed by atoms with Gasteiger partial charge in [-0.3, -0.25) is 0 Å². The Bertz CT molecular complexity index is 344. The Morgan fingerprint density at radius 1 is 1.27 bits per heavy atom. The van der Waals surface area contributed by atoms with Gasteiger partial charge in [0.05, 0.1) is 10.0 Å². The van der Waals surface area contributed by atoms with Gasteiger partial charge in [0.1, 0.15) is 0 Å². The number of carboxylic acid groups (broad SMARTS) is 1.